The molecule has 0 bridgehead atoms. The number of hydrogen-bond donors (Lipinski definition) is 1. The minimum Gasteiger partial charge on any atom is -0.366 e. The topological polar surface area (TPSA) is 101 Å². The minimum atomic E-state index is -0.425. The van der Waals surface area contributed by atoms with E-state index in [0.29, 0.717) is 16.7 Å². The Balaban J connectivity index is 1.83. The lowest BCUT2D eigenvalue weighted by molar-refractivity contribution is -0.384. The van der Waals surface area contributed by atoms with Crippen LogP contribution in [0, 0.1) is 16.0 Å². The number of nitrogens with one attached hydrogen (secondary N) is 1. The highest BCUT2D eigenvalue weighted by atomic mass is 32.1. The average molecular weight is 375 g/mol. The van der Waals surface area contributed by atoms with Crippen LogP contribution in [0.25, 0.3) is 0 Å². The highest BCUT2D eigenvalue weighted by Gasteiger charge is 2.25. The van der Waals surface area contributed by atoms with Crippen LogP contribution < -0.4 is 10.2 Å². The fourth-order valence-corrected chi connectivity index (χ4v) is 3.78. The summed E-state index contributed by atoms with van der Waals surface area (Å²) >= 11 is 1.30. The molecule has 2 heterocycles. The second kappa shape index (κ2) is 7.77. The molecule has 9 heteroatoms. The Morgan fingerprint density at radius 3 is 2.92 bits per heavy atom. The van der Waals surface area contributed by atoms with Crippen molar-refractivity contribution < 1.29 is 9.72 Å². The highest BCUT2D eigenvalue weighted by Crippen LogP contribution is 2.32. The molecule has 1 saturated heterocycles. The second-order valence-corrected chi connectivity index (χ2v) is 7.52. The minimum absolute atomic E-state index is 0.0433. The van der Waals surface area contributed by atoms with E-state index in [9.17, 15) is 14.9 Å². The van der Waals surface area contributed by atoms with Gasteiger partial charge in [-0.25, -0.2) is 0 Å². The summed E-state index contributed by atoms with van der Waals surface area (Å²) in [5.41, 5.74) is 0.763. The van der Waals surface area contributed by atoms with E-state index < -0.39 is 10.8 Å². The number of aromatic nitrogens is 2. The van der Waals surface area contributed by atoms with Crippen LogP contribution in [-0.4, -0.2) is 34.1 Å². The van der Waals surface area contributed by atoms with E-state index in [2.05, 4.69) is 22.4 Å². The molecule has 1 aromatic heterocycles. The quantitative estimate of drug-likeness (QED) is 0.634. The summed E-state index contributed by atoms with van der Waals surface area (Å²) in [6.07, 6.45) is 2.88. The predicted molar refractivity (Wildman–Crippen MR) is 101 cm³/mol. The molecule has 1 amide bonds. The predicted octanol–water partition coefficient (Wildman–Crippen LogP) is 3.50. The van der Waals surface area contributed by atoms with E-state index in [4.69, 9.17) is 0 Å². The molecule has 8 nitrogen and oxygen atoms in total. The van der Waals surface area contributed by atoms with Gasteiger partial charge in [0.15, 0.2) is 0 Å². The Hall–Kier alpha value is -2.55. The van der Waals surface area contributed by atoms with Crippen LogP contribution in [0.15, 0.2) is 18.2 Å². The van der Waals surface area contributed by atoms with Crippen LogP contribution in [0.4, 0.5) is 16.5 Å². The van der Waals surface area contributed by atoms with Crippen LogP contribution in [0.5, 0.6) is 0 Å². The zero-order chi connectivity index (χ0) is 18.7. The van der Waals surface area contributed by atoms with Crippen molar-refractivity contribution in [3.05, 3.63) is 38.9 Å². The largest absolute Gasteiger partial charge is 0.366 e. The molecule has 0 radical (unpaired) electrons. The maximum absolute atomic E-state index is 12.4. The number of piperidine rings is 1. The first-order valence-electron chi connectivity index (χ1n) is 8.65. The maximum Gasteiger partial charge on any atom is 0.293 e. The molecule has 0 aliphatic carbocycles. The summed E-state index contributed by atoms with van der Waals surface area (Å²) < 4.78 is 0. The van der Waals surface area contributed by atoms with Crippen molar-refractivity contribution in [1.82, 2.24) is 10.2 Å². The molecule has 138 valence electrons. The molecule has 1 N–H and O–H groups in total. The first kappa shape index (κ1) is 18.2. The van der Waals surface area contributed by atoms with Crippen molar-refractivity contribution in [1.29, 1.82) is 0 Å². The second-order valence-electron chi connectivity index (χ2n) is 6.46. The number of nitro groups is 1. The highest BCUT2D eigenvalue weighted by molar-refractivity contribution is 7.15. The molecule has 1 fully saturated rings. The monoisotopic (exact) mass is 375 g/mol. The summed E-state index contributed by atoms with van der Waals surface area (Å²) in [5, 5.41) is 23.3. The summed E-state index contributed by atoms with van der Waals surface area (Å²) in [6.45, 7) is 5.68. The molecular weight excluding hydrogens is 354 g/mol. The molecule has 26 heavy (non-hydrogen) atoms. The van der Waals surface area contributed by atoms with E-state index in [0.717, 1.165) is 37.4 Å². The number of nitro benzene ring substituents is 1. The van der Waals surface area contributed by atoms with Gasteiger partial charge in [-0.05, 0) is 37.3 Å². The lowest BCUT2D eigenvalue weighted by Crippen LogP contribution is -2.34. The molecule has 0 spiro atoms. The average Bonchev–Trinajstić information content (AvgIpc) is 3.08. The lowest BCUT2D eigenvalue weighted by atomic mass is 9.99. The molecule has 1 aliphatic rings. The van der Waals surface area contributed by atoms with Crippen molar-refractivity contribution in [2.45, 2.75) is 33.1 Å². The fourth-order valence-electron chi connectivity index (χ4n) is 3.10. The molecule has 1 atom stereocenters. The van der Waals surface area contributed by atoms with Crippen LogP contribution >= 0.6 is 11.3 Å². The number of rotatable bonds is 5. The van der Waals surface area contributed by atoms with Gasteiger partial charge in [-0.1, -0.05) is 25.2 Å². The first-order valence-corrected chi connectivity index (χ1v) is 9.46. The van der Waals surface area contributed by atoms with Gasteiger partial charge in [-0.15, -0.1) is 10.2 Å². The van der Waals surface area contributed by atoms with Crippen molar-refractivity contribution in [3.63, 3.8) is 0 Å². The van der Waals surface area contributed by atoms with Gasteiger partial charge < -0.3 is 4.90 Å². The van der Waals surface area contributed by atoms with Gasteiger partial charge in [0.2, 0.25) is 5.13 Å². The normalized spacial score (nSPS) is 17.2. The molecule has 1 aromatic carbocycles. The van der Waals surface area contributed by atoms with E-state index in [-0.39, 0.29) is 11.3 Å². The lowest BCUT2D eigenvalue weighted by Gasteiger charge is -2.32. The van der Waals surface area contributed by atoms with Crippen molar-refractivity contribution in [2.24, 2.45) is 5.92 Å². The van der Waals surface area contributed by atoms with Crippen molar-refractivity contribution >= 4 is 33.8 Å². The number of amides is 1. The summed E-state index contributed by atoms with van der Waals surface area (Å²) in [6, 6.07) is 4.63. The zero-order valence-corrected chi connectivity index (χ0v) is 15.6. The smallest absolute Gasteiger partial charge is 0.293 e. The molecule has 1 aliphatic heterocycles. The molecule has 0 saturated carbocycles. The van der Waals surface area contributed by atoms with E-state index in [1.165, 1.54) is 17.4 Å². The first-order chi connectivity index (χ1) is 12.5. The van der Waals surface area contributed by atoms with Crippen molar-refractivity contribution in [3.8, 4) is 0 Å². The Morgan fingerprint density at radius 2 is 2.27 bits per heavy atom. The van der Waals surface area contributed by atoms with Gasteiger partial charge in [0.05, 0.1) is 4.92 Å². The maximum atomic E-state index is 12.4. The van der Waals surface area contributed by atoms with Gasteiger partial charge in [0, 0.05) is 24.7 Å². The van der Waals surface area contributed by atoms with Gasteiger partial charge in [-0.3, -0.25) is 20.2 Å². The number of hydrogen-bond acceptors (Lipinski definition) is 7. The third-order valence-electron chi connectivity index (χ3n) is 4.42. The Morgan fingerprint density at radius 1 is 1.46 bits per heavy atom. The van der Waals surface area contributed by atoms with E-state index >= 15 is 0 Å². The number of anilines is 2. The van der Waals surface area contributed by atoms with Crippen LogP contribution in [0.1, 0.15) is 42.1 Å². The molecular formula is C17H21N5O3S. The SMILES string of the molecule is CCc1nnc(NC(=O)c2ccc(N3CCC[C@@H](C)C3)c([N+](=O)[O-])c2)s1. The van der Waals surface area contributed by atoms with Gasteiger partial charge in [-0.2, -0.15) is 0 Å². The molecule has 2 aromatic rings. The number of nitrogens with zero attached hydrogens (tertiary/aromatic N) is 4. The number of carbonyl (C=O) groups is 1. The summed E-state index contributed by atoms with van der Waals surface area (Å²) in [4.78, 5) is 25.6. The Labute approximate surface area is 155 Å². The van der Waals surface area contributed by atoms with E-state index in [1.54, 1.807) is 12.1 Å². The summed E-state index contributed by atoms with van der Waals surface area (Å²) in [7, 11) is 0. The van der Waals surface area contributed by atoms with E-state index in [1.807, 2.05) is 11.8 Å². The Bertz CT molecular complexity index is 822. The van der Waals surface area contributed by atoms with Crippen molar-refractivity contribution in [2.75, 3.05) is 23.3 Å². The van der Waals surface area contributed by atoms with Gasteiger partial charge in [0.25, 0.3) is 11.6 Å². The van der Waals surface area contributed by atoms with Gasteiger partial charge >= 0.3 is 0 Å². The molecule has 3 rings (SSSR count). The van der Waals surface area contributed by atoms with Crippen LogP contribution in [0.3, 0.4) is 0 Å². The van der Waals surface area contributed by atoms with Gasteiger partial charge in [0.1, 0.15) is 10.7 Å². The van der Waals surface area contributed by atoms with Crippen LogP contribution in [0.2, 0.25) is 0 Å². The molecule has 0 unspecified atom stereocenters. The number of benzene rings is 1. The fraction of sp³-hybridized carbons (Fsp3) is 0.471. The Kier molecular flexibility index (Phi) is 5.46. The standard InChI is InChI=1S/C17H21N5O3S/c1-3-15-19-20-17(26-15)18-16(23)12-6-7-13(14(9-12)22(24)25)21-8-4-5-11(2)10-21/h6-7,9,11H,3-5,8,10H2,1-2H3,(H,18,20,23)/t11-/m1/s1. The number of aryl methyl sites for hydroxylation is 1. The van der Waals surface area contributed by atoms with Crippen LogP contribution in [-0.2, 0) is 6.42 Å². The third kappa shape index (κ3) is 3.98. The zero-order valence-electron chi connectivity index (χ0n) is 14.8. The number of carbonyl (C=O) groups excluding carboxylic acids is 1. The third-order valence-corrected chi connectivity index (χ3v) is 5.40. The summed E-state index contributed by atoms with van der Waals surface area (Å²) in [5.74, 6) is 0.0713.